The Morgan fingerprint density at radius 3 is 2.44 bits per heavy atom. The molecule has 0 aliphatic carbocycles. The van der Waals surface area contributed by atoms with Crippen LogP contribution in [0.15, 0.2) is 0 Å². The van der Waals surface area contributed by atoms with Crippen molar-refractivity contribution >= 4 is 17.6 Å². The first-order chi connectivity index (χ1) is 8.31. The lowest BCUT2D eigenvalue weighted by atomic mass is 10.0. The van der Waals surface area contributed by atoms with Crippen molar-refractivity contribution in [2.24, 2.45) is 11.8 Å². The molecule has 18 heavy (non-hydrogen) atoms. The monoisotopic (exact) mass is 254 g/mol. The summed E-state index contributed by atoms with van der Waals surface area (Å²) in [6.45, 7) is 7.90. The Bertz CT molecular complexity index is 352. The van der Waals surface area contributed by atoms with Crippen LogP contribution in [0, 0.1) is 11.8 Å². The first-order valence-corrected chi connectivity index (χ1v) is 6.38. The molecule has 0 aromatic carbocycles. The molecule has 0 aromatic rings. The Morgan fingerprint density at radius 2 is 2.06 bits per heavy atom. The number of amides is 2. The van der Waals surface area contributed by atoms with E-state index in [-0.39, 0.29) is 30.1 Å². The van der Waals surface area contributed by atoms with Crippen LogP contribution < -0.4 is 5.32 Å². The fourth-order valence-corrected chi connectivity index (χ4v) is 2.25. The number of hydrogen-bond acceptors (Lipinski definition) is 3. The SMILES string of the molecule is CC(=O)C(NC(=O)CN1CC(C)CC1=O)C(C)C. The highest BCUT2D eigenvalue weighted by Gasteiger charge is 2.29. The van der Waals surface area contributed by atoms with Gasteiger partial charge in [-0.2, -0.15) is 0 Å². The zero-order valence-corrected chi connectivity index (χ0v) is 11.5. The van der Waals surface area contributed by atoms with E-state index in [1.807, 2.05) is 20.8 Å². The van der Waals surface area contributed by atoms with Crippen LogP contribution in [0.3, 0.4) is 0 Å². The first-order valence-electron chi connectivity index (χ1n) is 6.38. The highest BCUT2D eigenvalue weighted by atomic mass is 16.2. The zero-order chi connectivity index (χ0) is 13.9. The zero-order valence-electron chi connectivity index (χ0n) is 11.5. The Balaban J connectivity index is 2.51. The van der Waals surface area contributed by atoms with Crippen LogP contribution in [0.1, 0.15) is 34.1 Å². The average Bonchev–Trinajstić information content (AvgIpc) is 2.53. The standard InChI is InChI=1S/C13H22N2O3/c1-8(2)13(10(4)16)14-11(17)7-15-6-9(3)5-12(15)18/h8-9,13H,5-7H2,1-4H3,(H,14,17). The Kier molecular flexibility index (Phi) is 4.87. The molecule has 1 aliphatic rings. The predicted octanol–water partition coefficient (Wildman–Crippen LogP) is 0.585. The Hall–Kier alpha value is -1.39. The molecular formula is C13H22N2O3. The normalized spacial score (nSPS) is 21.3. The minimum atomic E-state index is -0.465. The summed E-state index contributed by atoms with van der Waals surface area (Å²) in [5, 5.41) is 2.70. The van der Waals surface area contributed by atoms with Crippen LogP contribution in [0.25, 0.3) is 0 Å². The largest absolute Gasteiger partial charge is 0.345 e. The fraction of sp³-hybridized carbons (Fsp3) is 0.769. The molecule has 5 nitrogen and oxygen atoms in total. The molecule has 0 radical (unpaired) electrons. The summed E-state index contributed by atoms with van der Waals surface area (Å²) in [5.41, 5.74) is 0. The number of hydrogen-bond donors (Lipinski definition) is 1. The molecule has 102 valence electrons. The van der Waals surface area contributed by atoms with E-state index in [2.05, 4.69) is 5.32 Å². The van der Waals surface area contributed by atoms with Crippen molar-refractivity contribution in [2.75, 3.05) is 13.1 Å². The van der Waals surface area contributed by atoms with Crippen LogP contribution in [0.2, 0.25) is 0 Å². The van der Waals surface area contributed by atoms with Crippen molar-refractivity contribution < 1.29 is 14.4 Å². The molecule has 2 unspecified atom stereocenters. The molecular weight excluding hydrogens is 232 g/mol. The predicted molar refractivity (Wildman–Crippen MR) is 67.8 cm³/mol. The van der Waals surface area contributed by atoms with Gasteiger partial charge in [-0.1, -0.05) is 20.8 Å². The summed E-state index contributed by atoms with van der Waals surface area (Å²) in [5.74, 6) is 0.0612. The Labute approximate surface area is 108 Å². The van der Waals surface area contributed by atoms with Gasteiger partial charge in [0.2, 0.25) is 11.8 Å². The summed E-state index contributed by atoms with van der Waals surface area (Å²) < 4.78 is 0. The molecule has 1 heterocycles. The van der Waals surface area contributed by atoms with Gasteiger partial charge in [-0.25, -0.2) is 0 Å². The fourth-order valence-electron chi connectivity index (χ4n) is 2.25. The first kappa shape index (κ1) is 14.7. The molecule has 0 saturated carbocycles. The van der Waals surface area contributed by atoms with E-state index in [4.69, 9.17) is 0 Å². The van der Waals surface area contributed by atoms with Crippen molar-refractivity contribution in [2.45, 2.75) is 40.2 Å². The third-order valence-electron chi connectivity index (χ3n) is 3.16. The van der Waals surface area contributed by atoms with E-state index >= 15 is 0 Å². The lowest BCUT2D eigenvalue weighted by Gasteiger charge is -2.22. The van der Waals surface area contributed by atoms with Gasteiger partial charge in [-0.15, -0.1) is 0 Å². The summed E-state index contributed by atoms with van der Waals surface area (Å²) in [6, 6.07) is -0.465. The van der Waals surface area contributed by atoms with Gasteiger partial charge in [-0.05, 0) is 18.8 Å². The second kappa shape index (κ2) is 5.98. The molecule has 2 amide bonds. The third kappa shape index (κ3) is 3.82. The topological polar surface area (TPSA) is 66.5 Å². The van der Waals surface area contributed by atoms with Crippen molar-refractivity contribution in [3.05, 3.63) is 0 Å². The summed E-state index contributed by atoms with van der Waals surface area (Å²) in [6.07, 6.45) is 0.508. The van der Waals surface area contributed by atoms with Gasteiger partial charge in [0.05, 0.1) is 12.6 Å². The van der Waals surface area contributed by atoms with Gasteiger partial charge in [0.25, 0.3) is 0 Å². The second-order valence-electron chi connectivity index (χ2n) is 5.48. The third-order valence-corrected chi connectivity index (χ3v) is 3.16. The molecule has 5 heteroatoms. The number of nitrogens with one attached hydrogen (secondary N) is 1. The molecule has 0 spiro atoms. The van der Waals surface area contributed by atoms with Crippen LogP contribution >= 0.6 is 0 Å². The summed E-state index contributed by atoms with van der Waals surface area (Å²) in [7, 11) is 0. The van der Waals surface area contributed by atoms with Crippen LogP contribution in [0.5, 0.6) is 0 Å². The van der Waals surface area contributed by atoms with Crippen molar-refractivity contribution in [1.29, 1.82) is 0 Å². The van der Waals surface area contributed by atoms with E-state index in [0.717, 1.165) is 0 Å². The lowest BCUT2D eigenvalue weighted by Crippen LogP contribution is -2.47. The van der Waals surface area contributed by atoms with E-state index in [1.165, 1.54) is 6.92 Å². The van der Waals surface area contributed by atoms with Crippen molar-refractivity contribution in [3.63, 3.8) is 0 Å². The van der Waals surface area contributed by atoms with E-state index in [0.29, 0.717) is 18.9 Å². The molecule has 1 N–H and O–H groups in total. The van der Waals surface area contributed by atoms with Gasteiger partial charge < -0.3 is 10.2 Å². The lowest BCUT2D eigenvalue weighted by molar-refractivity contribution is -0.134. The minimum Gasteiger partial charge on any atom is -0.345 e. The van der Waals surface area contributed by atoms with Gasteiger partial charge in [0.1, 0.15) is 0 Å². The van der Waals surface area contributed by atoms with Crippen molar-refractivity contribution in [3.8, 4) is 0 Å². The molecule has 0 bridgehead atoms. The summed E-state index contributed by atoms with van der Waals surface area (Å²) in [4.78, 5) is 36.3. The van der Waals surface area contributed by atoms with Gasteiger partial charge in [0, 0.05) is 13.0 Å². The van der Waals surface area contributed by atoms with Gasteiger partial charge in [0.15, 0.2) is 5.78 Å². The van der Waals surface area contributed by atoms with E-state index in [1.54, 1.807) is 4.90 Å². The minimum absolute atomic E-state index is 0.0153. The summed E-state index contributed by atoms with van der Waals surface area (Å²) >= 11 is 0. The van der Waals surface area contributed by atoms with Crippen LogP contribution in [0.4, 0.5) is 0 Å². The number of nitrogens with zero attached hydrogens (tertiary/aromatic N) is 1. The molecule has 1 saturated heterocycles. The highest BCUT2D eigenvalue weighted by Crippen LogP contribution is 2.16. The van der Waals surface area contributed by atoms with Gasteiger partial charge in [-0.3, -0.25) is 14.4 Å². The number of ketones is 1. The maximum Gasteiger partial charge on any atom is 0.240 e. The molecule has 0 aromatic heterocycles. The van der Waals surface area contributed by atoms with Crippen LogP contribution in [-0.2, 0) is 14.4 Å². The number of carbonyl (C=O) groups excluding carboxylic acids is 3. The number of rotatable bonds is 5. The Morgan fingerprint density at radius 1 is 1.44 bits per heavy atom. The maximum atomic E-state index is 11.8. The van der Waals surface area contributed by atoms with Gasteiger partial charge >= 0.3 is 0 Å². The second-order valence-corrected chi connectivity index (χ2v) is 5.48. The van der Waals surface area contributed by atoms with E-state index < -0.39 is 6.04 Å². The molecule has 1 fully saturated rings. The van der Waals surface area contributed by atoms with Crippen molar-refractivity contribution in [1.82, 2.24) is 10.2 Å². The molecule has 1 rings (SSSR count). The average molecular weight is 254 g/mol. The number of carbonyl (C=O) groups is 3. The number of likely N-dealkylation sites (tertiary alicyclic amines) is 1. The quantitative estimate of drug-likeness (QED) is 0.780. The van der Waals surface area contributed by atoms with E-state index in [9.17, 15) is 14.4 Å². The number of Topliss-reactive ketones (excluding diaryl/α,β-unsaturated/α-hetero) is 1. The maximum absolute atomic E-state index is 11.8. The van der Waals surface area contributed by atoms with Crippen LogP contribution in [-0.4, -0.2) is 41.6 Å². The highest BCUT2D eigenvalue weighted by molar-refractivity contribution is 5.90. The molecule has 1 aliphatic heterocycles. The smallest absolute Gasteiger partial charge is 0.240 e. The molecule has 2 atom stereocenters.